The first-order chi connectivity index (χ1) is 8.64. The van der Waals surface area contributed by atoms with Crippen LogP contribution in [0.1, 0.15) is 27.2 Å². The van der Waals surface area contributed by atoms with Gasteiger partial charge in [-0.15, -0.1) is 0 Å². The zero-order chi connectivity index (χ0) is 13.2. The molecule has 0 saturated carbocycles. The maximum Gasteiger partial charge on any atom is 0.192 e. The van der Waals surface area contributed by atoms with Gasteiger partial charge in [-0.05, 0) is 26.4 Å². The van der Waals surface area contributed by atoms with Gasteiger partial charge in [-0.25, -0.2) is 0 Å². The quantitative estimate of drug-likeness (QED) is 0.776. The van der Waals surface area contributed by atoms with Crippen LogP contribution in [-0.4, -0.2) is 66.7 Å². The lowest BCUT2D eigenvalue weighted by Gasteiger charge is -2.39. The summed E-state index contributed by atoms with van der Waals surface area (Å²) >= 11 is 0. The minimum absolute atomic E-state index is 0.0250. The third-order valence-corrected chi connectivity index (χ3v) is 4.52. The van der Waals surface area contributed by atoms with Crippen molar-refractivity contribution in [2.45, 2.75) is 38.8 Å². The summed E-state index contributed by atoms with van der Waals surface area (Å²) in [6.45, 7) is 12.3. The first-order valence-corrected chi connectivity index (χ1v) is 7.05. The van der Waals surface area contributed by atoms with Gasteiger partial charge in [0.2, 0.25) is 0 Å². The largest absolute Gasteiger partial charge is 0.376 e. The maximum atomic E-state index is 6.07. The lowest BCUT2D eigenvalue weighted by molar-refractivity contribution is 0.0527. The van der Waals surface area contributed by atoms with Crippen LogP contribution in [-0.2, 0) is 4.74 Å². The van der Waals surface area contributed by atoms with E-state index in [-0.39, 0.29) is 11.6 Å². The van der Waals surface area contributed by atoms with Crippen LogP contribution in [0.3, 0.4) is 0 Å². The average molecular weight is 254 g/mol. The number of nitrogens with two attached hydrogens (primary N) is 1. The van der Waals surface area contributed by atoms with E-state index in [4.69, 9.17) is 10.5 Å². The van der Waals surface area contributed by atoms with Crippen LogP contribution in [0.5, 0.6) is 0 Å². The Balaban J connectivity index is 2.02. The normalized spacial score (nSPS) is 31.7. The van der Waals surface area contributed by atoms with Crippen molar-refractivity contribution in [3.05, 3.63) is 0 Å². The molecule has 1 fully saturated rings. The summed E-state index contributed by atoms with van der Waals surface area (Å²) in [7, 11) is 0. The highest BCUT2D eigenvalue weighted by molar-refractivity contribution is 5.81. The van der Waals surface area contributed by atoms with Crippen molar-refractivity contribution in [2.24, 2.45) is 10.7 Å². The second-order valence-corrected chi connectivity index (χ2v) is 5.22. The van der Waals surface area contributed by atoms with E-state index in [1.807, 2.05) is 0 Å². The summed E-state index contributed by atoms with van der Waals surface area (Å²) in [5.41, 5.74) is 6.09. The molecular formula is C13H26N4O. The number of rotatable bonds is 5. The van der Waals surface area contributed by atoms with E-state index in [9.17, 15) is 0 Å². The highest BCUT2D eigenvalue weighted by atomic mass is 16.5. The lowest BCUT2D eigenvalue weighted by Crippen LogP contribution is -2.57. The van der Waals surface area contributed by atoms with Crippen molar-refractivity contribution in [1.29, 1.82) is 0 Å². The molecule has 0 aromatic heterocycles. The van der Waals surface area contributed by atoms with Gasteiger partial charge in [0.1, 0.15) is 0 Å². The highest BCUT2D eigenvalue weighted by Gasteiger charge is 2.50. The Bertz CT molecular complexity index is 316. The number of hydrogen-bond donors (Lipinski definition) is 1. The van der Waals surface area contributed by atoms with Crippen molar-refractivity contribution in [2.75, 3.05) is 39.3 Å². The number of hydrogen-bond acceptors (Lipinski definition) is 5. The average Bonchev–Trinajstić information content (AvgIpc) is 2.89. The van der Waals surface area contributed by atoms with Crippen molar-refractivity contribution in [3.8, 4) is 0 Å². The van der Waals surface area contributed by atoms with Crippen LogP contribution in [0.2, 0.25) is 0 Å². The van der Waals surface area contributed by atoms with Crippen LogP contribution in [0.4, 0.5) is 0 Å². The summed E-state index contributed by atoms with van der Waals surface area (Å²) in [5.74, 6) is 0.694. The molecule has 5 heteroatoms. The van der Waals surface area contributed by atoms with E-state index in [2.05, 4.69) is 35.6 Å². The minimum Gasteiger partial charge on any atom is -0.376 e. The molecule has 5 nitrogen and oxygen atoms in total. The molecule has 0 aromatic carbocycles. The predicted molar refractivity (Wildman–Crippen MR) is 73.7 cm³/mol. The van der Waals surface area contributed by atoms with Crippen molar-refractivity contribution >= 4 is 5.96 Å². The van der Waals surface area contributed by atoms with Crippen LogP contribution >= 0.6 is 0 Å². The topological polar surface area (TPSA) is 54.1 Å². The van der Waals surface area contributed by atoms with Crippen LogP contribution in [0, 0.1) is 0 Å². The number of nitrogens with zero attached hydrogens (tertiary/aromatic N) is 3. The van der Waals surface area contributed by atoms with Crippen LogP contribution in [0.15, 0.2) is 4.99 Å². The summed E-state index contributed by atoms with van der Waals surface area (Å²) in [4.78, 5) is 9.15. The SMILES string of the molecule is CCN(CC)CCN1C(N)=NCC12CCOC2C. The molecule has 2 aliphatic rings. The number of aliphatic imine (C=N–C) groups is 1. The summed E-state index contributed by atoms with van der Waals surface area (Å²) < 4.78 is 5.74. The smallest absolute Gasteiger partial charge is 0.192 e. The van der Waals surface area contributed by atoms with E-state index in [0.29, 0.717) is 5.96 Å². The van der Waals surface area contributed by atoms with Gasteiger partial charge in [0.05, 0.1) is 18.2 Å². The molecule has 18 heavy (non-hydrogen) atoms. The van der Waals surface area contributed by atoms with Gasteiger partial charge in [0.15, 0.2) is 5.96 Å². The third kappa shape index (κ3) is 2.21. The summed E-state index contributed by atoms with van der Waals surface area (Å²) in [6, 6.07) is 0. The van der Waals surface area contributed by atoms with Gasteiger partial charge in [-0.2, -0.15) is 0 Å². The maximum absolute atomic E-state index is 6.07. The van der Waals surface area contributed by atoms with Crippen molar-refractivity contribution < 1.29 is 4.74 Å². The number of ether oxygens (including phenoxy) is 1. The fourth-order valence-corrected chi connectivity index (χ4v) is 3.07. The van der Waals surface area contributed by atoms with Gasteiger partial charge in [0.25, 0.3) is 0 Å². The Morgan fingerprint density at radius 1 is 1.50 bits per heavy atom. The lowest BCUT2D eigenvalue weighted by atomic mass is 9.91. The van der Waals surface area contributed by atoms with Crippen molar-refractivity contribution in [1.82, 2.24) is 9.80 Å². The molecule has 0 aromatic rings. The van der Waals surface area contributed by atoms with Gasteiger partial charge >= 0.3 is 0 Å². The number of likely N-dealkylation sites (N-methyl/N-ethyl adjacent to an activating group) is 1. The second kappa shape index (κ2) is 5.45. The molecule has 2 heterocycles. The number of guanidine groups is 1. The van der Waals surface area contributed by atoms with E-state index in [1.54, 1.807) is 0 Å². The van der Waals surface area contributed by atoms with Crippen LogP contribution < -0.4 is 5.73 Å². The Morgan fingerprint density at radius 3 is 2.78 bits per heavy atom. The summed E-state index contributed by atoms with van der Waals surface area (Å²) in [6.07, 6.45) is 1.26. The fourth-order valence-electron chi connectivity index (χ4n) is 3.07. The van der Waals surface area contributed by atoms with E-state index < -0.39 is 0 Å². The van der Waals surface area contributed by atoms with Crippen molar-refractivity contribution in [3.63, 3.8) is 0 Å². The van der Waals surface area contributed by atoms with Gasteiger partial charge in [-0.3, -0.25) is 4.99 Å². The monoisotopic (exact) mass is 254 g/mol. The zero-order valence-corrected chi connectivity index (χ0v) is 11.9. The molecule has 1 spiro atoms. The van der Waals surface area contributed by atoms with Gasteiger partial charge < -0.3 is 20.3 Å². The fraction of sp³-hybridized carbons (Fsp3) is 0.923. The molecule has 0 aliphatic carbocycles. The van der Waals surface area contributed by atoms with E-state index in [0.717, 1.165) is 45.8 Å². The predicted octanol–water partition coefficient (Wildman–Crippen LogP) is 0.506. The molecule has 1 saturated heterocycles. The first-order valence-electron chi connectivity index (χ1n) is 7.05. The minimum atomic E-state index is 0.0250. The molecule has 0 radical (unpaired) electrons. The molecule has 2 rings (SSSR count). The third-order valence-electron chi connectivity index (χ3n) is 4.52. The standard InChI is InChI=1S/C13H26N4O/c1-4-16(5-2)7-8-17-12(14)15-10-13(17)6-9-18-11(13)3/h11H,4-10H2,1-3H3,(H2,14,15). The molecule has 0 bridgehead atoms. The molecular weight excluding hydrogens is 228 g/mol. The summed E-state index contributed by atoms with van der Waals surface area (Å²) in [5, 5.41) is 0. The molecule has 2 aliphatic heterocycles. The highest BCUT2D eigenvalue weighted by Crippen LogP contribution is 2.35. The second-order valence-electron chi connectivity index (χ2n) is 5.22. The first kappa shape index (κ1) is 13.6. The Morgan fingerprint density at radius 2 is 2.22 bits per heavy atom. The molecule has 2 atom stereocenters. The molecule has 104 valence electrons. The van der Waals surface area contributed by atoms with Gasteiger partial charge in [-0.1, -0.05) is 13.8 Å². The molecule has 2 unspecified atom stereocenters. The zero-order valence-electron chi connectivity index (χ0n) is 11.9. The van der Waals surface area contributed by atoms with E-state index >= 15 is 0 Å². The Labute approximate surface area is 110 Å². The van der Waals surface area contributed by atoms with Gasteiger partial charge in [0, 0.05) is 19.7 Å². The Kier molecular flexibility index (Phi) is 4.12. The van der Waals surface area contributed by atoms with E-state index in [1.165, 1.54) is 0 Å². The Hall–Kier alpha value is -0.810. The molecule has 0 amide bonds. The van der Waals surface area contributed by atoms with Crippen LogP contribution in [0.25, 0.3) is 0 Å². The molecule has 2 N–H and O–H groups in total.